The number of hydrogen-bond donors (Lipinski definition) is 0. The number of hydrogen-bond acceptors (Lipinski definition) is 3. The Morgan fingerprint density at radius 3 is 2.88 bits per heavy atom. The Hall–Kier alpha value is -0.180. The number of thioether (sulfide) groups is 1. The third-order valence-corrected chi connectivity index (χ3v) is 2.17. The molecule has 1 fully saturated rings. The minimum atomic E-state index is -0.0440. The molecule has 0 spiro atoms. The number of esters is 1. The van der Waals surface area contributed by atoms with E-state index in [9.17, 15) is 4.79 Å². The van der Waals surface area contributed by atoms with Crippen LogP contribution in [0.15, 0.2) is 0 Å². The second-order valence-corrected chi connectivity index (χ2v) is 2.72. The highest BCUT2D eigenvalue weighted by Crippen LogP contribution is 2.18. The molecule has 0 saturated carbocycles. The molecule has 1 aliphatic heterocycles. The van der Waals surface area contributed by atoms with Gasteiger partial charge in [0.25, 0.3) is 0 Å². The minimum absolute atomic E-state index is 0.0440. The van der Waals surface area contributed by atoms with Gasteiger partial charge in [-0.25, -0.2) is 0 Å². The summed E-state index contributed by atoms with van der Waals surface area (Å²) < 4.78 is 4.70. The molecule has 0 bridgehead atoms. The first-order chi connectivity index (χ1) is 3.84. The van der Waals surface area contributed by atoms with Gasteiger partial charge in [-0.15, -0.1) is 0 Å². The molecule has 1 rings (SSSR count). The van der Waals surface area contributed by atoms with Crippen LogP contribution in [0.5, 0.6) is 0 Å². The van der Waals surface area contributed by atoms with Crippen molar-refractivity contribution in [2.75, 3.05) is 12.9 Å². The molecular weight excluding hydrogens is 124 g/mol. The van der Waals surface area contributed by atoms with Gasteiger partial charge < -0.3 is 4.74 Å². The van der Waals surface area contributed by atoms with Crippen LogP contribution < -0.4 is 0 Å². The molecule has 0 aliphatic carbocycles. The number of carbonyl (C=O) groups is 1. The van der Waals surface area contributed by atoms with Gasteiger partial charge >= 0.3 is 5.97 Å². The second-order valence-electron chi connectivity index (χ2n) is 1.68. The van der Waals surface area contributed by atoms with Crippen LogP contribution in [0.4, 0.5) is 0 Å². The Labute approximate surface area is 52.6 Å². The van der Waals surface area contributed by atoms with E-state index in [-0.39, 0.29) is 11.2 Å². The van der Waals surface area contributed by atoms with E-state index in [2.05, 4.69) is 0 Å². The van der Waals surface area contributed by atoms with E-state index < -0.39 is 0 Å². The van der Waals surface area contributed by atoms with Crippen molar-refractivity contribution in [3.8, 4) is 0 Å². The van der Waals surface area contributed by atoms with Crippen molar-refractivity contribution < 1.29 is 9.53 Å². The Bertz CT molecular complexity index is 103. The van der Waals surface area contributed by atoms with Crippen LogP contribution in [0, 0.1) is 0 Å². The highest BCUT2D eigenvalue weighted by Gasteiger charge is 2.24. The van der Waals surface area contributed by atoms with E-state index in [0.717, 1.165) is 6.42 Å². The monoisotopic (exact) mass is 132 g/mol. The van der Waals surface area contributed by atoms with Gasteiger partial charge in [-0.3, -0.25) is 4.79 Å². The summed E-state index contributed by atoms with van der Waals surface area (Å²) in [6.07, 6.45) is 2.82. The average molecular weight is 132 g/mol. The molecule has 1 heterocycles. The van der Waals surface area contributed by atoms with Gasteiger partial charge in [-0.2, -0.15) is 11.8 Å². The first-order valence-corrected chi connectivity index (χ1v) is 3.83. The van der Waals surface area contributed by atoms with E-state index in [1.165, 1.54) is 0 Å². The Morgan fingerprint density at radius 2 is 2.62 bits per heavy atom. The highest BCUT2D eigenvalue weighted by atomic mass is 32.2. The van der Waals surface area contributed by atoms with E-state index in [4.69, 9.17) is 4.74 Å². The van der Waals surface area contributed by atoms with Crippen molar-refractivity contribution in [1.29, 1.82) is 0 Å². The quantitative estimate of drug-likeness (QED) is 0.490. The fourth-order valence-electron chi connectivity index (χ4n) is 0.691. The average Bonchev–Trinajstić information content (AvgIpc) is 2.14. The maximum Gasteiger partial charge on any atom is 0.319 e. The lowest BCUT2D eigenvalue weighted by Gasteiger charge is -1.95. The van der Waals surface area contributed by atoms with Crippen molar-refractivity contribution in [3.63, 3.8) is 0 Å². The summed E-state index contributed by atoms with van der Waals surface area (Å²) in [6, 6.07) is 0. The maximum atomic E-state index is 10.6. The highest BCUT2D eigenvalue weighted by molar-refractivity contribution is 7.99. The van der Waals surface area contributed by atoms with Crippen LogP contribution in [0.1, 0.15) is 6.42 Å². The maximum absolute atomic E-state index is 10.6. The van der Waals surface area contributed by atoms with Crippen molar-refractivity contribution >= 4 is 17.7 Å². The Kier molecular flexibility index (Phi) is 1.78. The van der Waals surface area contributed by atoms with Gasteiger partial charge in [0.2, 0.25) is 0 Å². The van der Waals surface area contributed by atoms with Crippen LogP contribution in [-0.2, 0) is 9.53 Å². The molecule has 2 nitrogen and oxygen atoms in total. The van der Waals surface area contributed by atoms with E-state index in [1.807, 2.05) is 6.26 Å². The van der Waals surface area contributed by atoms with Crippen LogP contribution >= 0.6 is 11.8 Å². The number of carbonyl (C=O) groups excluding carboxylic acids is 1. The molecule has 1 atom stereocenters. The third-order valence-electron chi connectivity index (χ3n) is 1.17. The SMILES string of the molecule is CSC1CCOC1=O. The van der Waals surface area contributed by atoms with Crippen molar-refractivity contribution in [3.05, 3.63) is 0 Å². The second kappa shape index (κ2) is 2.40. The van der Waals surface area contributed by atoms with Crippen LogP contribution in [0.3, 0.4) is 0 Å². The summed E-state index contributed by atoms with van der Waals surface area (Å²) in [4.78, 5) is 10.6. The minimum Gasteiger partial charge on any atom is -0.465 e. The van der Waals surface area contributed by atoms with Crippen molar-refractivity contribution in [2.24, 2.45) is 0 Å². The molecule has 46 valence electrons. The molecule has 0 N–H and O–H groups in total. The van der Waals surface area contributed by atoms with Crippen molar-refractivity contribution in [2.45, 2.75) is 11.7 Å². The normalized spacial score (nSPS) is 28.1. The van der Waals surface area contributed by atoms with E-state index in [0.29, 0.717) is 6.61 Å². The molecule has 3 heteroatoms. The van der Waals surface area contributed by atoms with E-state index >= 15 is 0 Å². The Balaban J connectivity index is 2.42. The molecule has 1 unspecified atom stereocenters. The predicted molar refractivity (Wildman–Crippen MR) is 32.9 cm³/mol. The van der Waals surface area contributed by atoms with Gasteiger partial charge in [-0.1, -0.05) is 0 Å². The van der Waals surface area contributed by atoms with Crippen LogP contribution in [0.25, 0.3) is 0 Å². The number of rotatable bonds is 1. The van der Waals surface area contributed by atoms with E-state index in [1.54, 1.807) is 11.8 Å². The summed E-state index contributed by atoms with van der Waals surface area (Å²) in [5, 5.41) is 0.120. The standard InChI is InChI=1S/C5H8O2S/c1-8-4-2-3-7-5(4)6/h4H,2-3H2,1H3. The third kappa shape index (κ3) is 0.968. The fourth-order valence-corrected chi connectivity index (χ4v) is 1.28. The molecule has 1 saturated heterocycles. The zero-order valence-electron chi connectivity index (χ0n) is 4.72. The first kappa shape index (κ1) is 5.95. The zero-order valence-corrected chi connectivity index (χ0v) is 5.53. The molecule has 8 heavy (non-hydrogen) atoms. The lowest BCUT2D eigenvalue weighted by molar-refractivity contribution is -0.137. The van der Waals surface area contributed by atoms with Gasteiger partial charge in [0.15, 0.2) is 0 Å². The first-order valence-electron chi connectivity index (χ1n) is 2.54. The predicted octanol–water partition coefficient (Wildman–Crippen LogP) is 0.665. The van der Waals surface area contributed by atoms with Gasteiger partial charge in [0.1, 0.15) is 5.25 Å². The van der Waals surface area contributed by atoms with Crippen LogP contribution in [0.2, 0.25) is 0 Å². The van der Waals surface area contributed by atoms with Gasteiger partial charge in [-0.05, 0) is 6.26 Å². The number of ether oxygens (including phenoxy) is 1. The summed E-state index contributed by atoms with van der Waals surface area (Å²) in [5.41, 5.74) is 0. The summed E-state index contributed by atoms with van der Waals surface area (Å²) in [5.74, 6) is -0.0440. The van der Waals surface area contributed by atoms with Gasteiger partial charge in [0, 0.05) is 6.42 Å². The number of cyclic esters (lactones) is 1. The molecular formula is C5H8O2S. The summed E-state index contributed by atoms with van der Waals surface area (Å²) in [7, 11) is 0. The van der Waals surface area contributed by atoms with Crippen LogP contribution in [-0.4, -0.2) is 24.1 Å². The molecule has 0 aromatic rings. The smallest absolute Gasteiger partial charge is 0.319 e. The Morgan fingerprint density at radius 1 is 1.88 bits per heavy atom. The summed E-state index contributed by atoms with van der Waals surface area (Å²) in [6.45, 7) is 0.615. The molecule has 1 aliphatic rings. The zero-order chi connectivity index (χ0) is 5.98. The lowest BCUT2D eigenvalue weighted by Crippen LogP contribution is -2.07. The fraction of sp³-hybridized carbons (Fsp3) is 0.800. The largest absolute Gasteiger partial charge is 0.465 e. The molecule has 0 amide bonds. The lowest BCUT2D eigenvalue weighted by atomic mass is 10.4. The summed E-state index contributed by atoms with van der Waals surface area (Å²) >= 11 is 1.57. The molecule has 0 aromatic carbocycles. The van der Waals surface area contributed by atoms with Crippen molar-refractivity contribution in [1.82, 2.24) is 0 Å². The molecule has 0 radical (unpaired) electrons. The van der Waals surface area contributed by atoms with Gasteiger partial charge in [0.05, 0.1) is 6.61 Å². The topological polar surface area (TPSA) is 26.3 Å². The molecule has 0 aromatic heterocycles.